The molecule has 1 unspecified atom stereocenters. The molecule has 0 aromatic heterocycles. The Morgan fingerprint density at radius 3 is 2.41 bits per heavy atom. The second-order valence-electron chi connectivity index (χ2n) is 8.87. The fourth-order valence-electron chi connectivity index (χ4n) is 4.94. The fraction of sp³-hybridized carbons (Fsp3) is 0.423. The summed E-state index contributed by atoms with van der Waals surface area (Å²) in [7, 11) is 1.80. The quantitative estimate of drug-likeness (QED) is 0.655. The highest BCUT2D eigenvalue weighted by Gasteiger charge is 2.54. The molecule has 0 spiro atoms. The molecule has 0 aliphatic carbocycles. The zero-order valence-corrected chi connectivity index (χ0v) is 18.8. The van der Waals surface area contributed by atoms with E-state index in [4.69, 9.17) is 4.74 Å². The Bertz CT molecular complexity index is 1000. The van der Waals surface area contributed by atoms with Gasteiger partial charge in [-0.2, -0.15) is 0 Å². The number of rotatable bonds is 6. The van der Waals surface area contributed by atoms with Crippen LogP contribution < -0.4 is 0 Å². The summed E-state index contributed by atoms with van der Waals surface area (Å²) in [5, 5.41) is 0. The van der Waals surface area contributed by atoms with Crippen molar-refractivity contribution < 1.29 is 19.1 Å². The number of benzene rings is 2. The molecule has 3 amide bonds. The Morgan fingerprint density at radius 1 is 1.06 bits per heavy atom. The molecule has 4 rings (SSSR count). The number of ether oxygens (including phenoxy) is 1. The van der Waals surface area contributed by atoms with Crippen molar-refractivity contribution in [3.63, 3.8) is 0 Å². The molecule has 0 radical (unpaired) electrons. The lowest BCUT2D eigenvalue weighted by atomic mass is 9.73. The van der Waals surface area contributed by atoms with E-state index >= 15 is 0 Å². The molecule has 2 heterocycles. The van der Waals surface area contributed by atoms with Gasteiger partial charge in [-0.05, 0) is 36.5 Å². The zero-order valence-electron chi connectivity index (χ0n) is 18.8. The third kappa shape index (κ3) is 4.19. The second-order valence-corrected chi connectivity index (χ2v) is 8.87. The molecule has 2 aliphatic rings. The van der Waals surface area contributed by atoms with Gasteiger partial charge in [0, 0.05) is 39.1 Å². The number of hydrogen-bond donors (Lipinski definition) is 0. The van der Waals surface area contributed by atoms with Gasteiger partial charge >= 0.3 is 0 Å². The molecule has 2 aromatic carbocycles. The largest absolute Gasteiger partial charge is 0.381 e. The predicted octanol–water partition coefficient (Wildman–Crippen LogP) is 3.22. The lowest BCUT2D eigenvalue weighted by molar-refractivity contribution is -0.144. The third-order valence-corrected chi connectivity index (χ3v) is 6.84. The predicted molar refractivity (Wildman–Crippen MR) is 121 cm³/mol. The van der Waals surface area contributed by atoms with Crippen LogP contribution in [0.2, 0.25) is 0 Å². The number of likely N-dealkylation sites (tertiary alicyclic amines) is 1. The molecular weight excluding hydrogens is 404 g/mol. The summed E-state index contributed by atoms with van der Waals surface area (Å²) in [6.45, 7) is 3.42. The summed E-state index contributed by atoms with van der Waals surface area (Å²) in [5.41, 5.74) is 1.40. The van der Waals surface area contributed by atoms with Crippen LogP contribution in [0.15, 0.2) is 54.6 Å². The van der Waals surface area contributed by atoms with E-state index in [1.165, 1.54) is 4.90 Å². The van der Waals surface area contributed by atoms with Gasteiger partial charge in [0.05, 0.1) is 12.0 Å². The molecule has 0 saturated carbocycles. The van der Waals surface area contributed by atoms with Crippen LogP contribution in [0.25, 0.3) is 0 Å². The molecule has 2 aliphatic heterocycles. The number of carbonyl (C=O) groups excluding carboxylic acids is 3. The molecule has 6 heteroatoms. The Kier molecular flexibility index (Phi) is 6.42. The van der Waals surface area contributed by atoms with E-state index in [0.717, 1.165) is 29.5 Å². The van der Waals surface area contributed by atoms with Crippen molar-refractivity contribution >= 4 is 17.7 Å². The van der Waals surface area contributed by atoms with Gasteiger partial charge in [0.1, 0.15) is 0 Å². The van der Waals surface area contributed by atoms with Crippen molar-refractivity contribution in [2.24, 2.45) is 0 Å². The van der Waals surface area contributed by atoms with Crippen LogP contribution in [0.5, 0.6) is 0 Å². The van der Waals surface area contributed by atoms with Crippen molar-refractivity contribution in [3.8, 4) is 0 Å². The normalized spacial score (nSPS) is 21.8. The van der Waals surface area contributed by atoms with Crippen LogP contribution >= 0.6 is 0 Å². The highest BCUT2D eigenvalue weighted by molar-refractivity contribution is 6.10. The van der Waals surface area contributed by atoms with E-state index in [9.17, 15) is 14.4 Å². The summed E-state index contributed by atoms with van der Waals surface area (Å²) < 4.78 is 5.43. The number of carbonyl (C=O) groups is 3. The second kappa shape index (κ2) is 9.25. The maximum absolute atomic E-state index is 13.8. The highest BCUT2D eigenvalue weighted by atomic mass is 16.5. The first-order valence-electron chi connectivity index (χ1n) is 11.2. The number of aryl methyl sites for hydroxylation is 1. The minimum absolute atomic E-state index is 0.0108. The lowest BCUT2D eigenvalue weighted by Gasteiger charge is -2.35. The first kappa shape index (κ1) is 22.2. The van der Waals surface area contributed by atoms with E-state index in [1.54, 1.807) is 11.9 Å². The van der Waals surface area contributed by atoms with Crippen LogP contribution in [0.4, 0.5) is 0 Å². The van der Waals surface area contributed by atoms with E-state index in [0.29, 0.717) is 13.2 Å². The van der Waals surface area contributed by atoms with Gasteiger partial charge < -0.3 is 9.64 Å². The van der Waals surface area contributed by atoms with Crippen LogP contribution in [0.1, 0.15) is 42.4 Å². The molecule has 0 N–H and O–H groups in total. The molecule has 2 fully saturated rings. The number of nitrogens with zero attached hydrogens (tertiary/aromatic N) is 2. The summed E-state index contributed by atoms with van der Waals surface area (Å²) in [6.07, 6.45) is 1.57. The van der Waals surface area contributed by atoms with E-state index < -0.39 is 5.41 Å². The molecular formula is C26H30N2O4. The van der Waals surface area contributed by atoms with Crippen molar-refractivity contribution in [3.05, 3.63) is 71.3 Å². The fourth-order valence-corrected chi connectivity index (χ4v) is 4.94. The summed E-state index contributed by atoms with van der Waals surface area (Å²) in [5.74, 6) is -0.624. The van der Waals surface area contributed by atoms with Gasteiger partial charge in [-0.3, -0.25) is 19.3 Å². The van der Waals surface area contributed by atoms with Crippen molar-refractivity contribution in [2.45, 2.75) is 50.6 Å². The van der Waals surface area contributed by atoms with Crippen molar-refractivity contribution in [1.29, 1.82) is 0 Å². The third-order valence-electron chi connectivity index (χ3n) is 6.84. The van der Waals surface area contributed by atoms with E-state index in [1.807, 2.05) is 61.5 Å². The average Bonchev–Trinajstić information content (AvgIpc) is 3.04. The zero-order chi connectivity index (χ0) is 22.7. The molecule has 1 atom stereocenters. The highest BCUT2D eigenvalue weighted by Crippen LogP contribution is 2.42. The molecule has 32 heavy (non-hydrogen) atoms. The molecule has 0 bridgehead atoms. The summed E-state index contributed by atoms with van der Waals surface area (Å²) in [4.78, 5) is 43.4. The number of amides is 3. The minimum Gasteiger partial charge on any atom is -0.381 e. The smallest absolute Gasteiger partial charge is 0.241 e. The van der Waals surface area contributed by atoms with Crippen molar-refractivity contribution in [2.75, 3.05) is 20.3 Å². The topological polar surface area (TPSA) is 66.9 Å². The molecule has 2 saturated heterocycles. The Labute approximate surface area is 189 Å². The molecule has 168 valence electrons. The summed E-state index contributed by atoms with van der Waals surface area (Å²) in [6, 6.07) is 17.2. The van der Waals surface area contributed by atoms with Crippen LogP contribution in [0, 0.1) is 6.92 Å². The van der Waals surface area contributed by atoms with Gasteiger partial charge in [-0.1, -0.05) is 54.6 Å². The van der Waals surface area contributed by atoms with Crippen LogP contribution in [0.3, 0.4) is 0 Å². The SMILES string of the molecule is Cc1ccccc1C1(CC(=O)N(C)C2CCOCC2)CC(=O)N(Cc2ccccc2)C1=O. The van der Waals surface area contributed by atoms with E-state index in [2.05, 4.69) is 0 Å². The molecule has 6 nitrogen and oxygen atoms in total. The van der Waals surface area contributed by atoms with Gasteiger partial charge in [0.25, 0.3) is 0 Å². The van der Waals surface area contributed by atoms with Gasteiger partial charge in [-0.15, -0.1) is 0 Å². The first-order chi connectivity index (χ1) is 15.4. The molecule has 2 aromatic rings. The summed E-state index contributed by atoms with van der Waals surface area (Å²) >= 11 is 0. The maximum atomic E-state index is 13.8. The monoisotopic (exact) mass is 434 g/mol. The Morgan fingerprint density at radius 2 is 1.72 bits per heavy atom. The van der Waals surface area contributed by atoms with Gasteiger partial charge in [0.15, 0.2) is 0 Å². The first-order valence-corrected chi connectivity index (χ1v) is 11.2. The Balaban J connectivity index is 1.66. The Hall–Kier alpha value is -2.99. The van der Waals surface area contributed by atoms with E-state index in [-0.39, 0.29) is 43.1 Å². The van der Waals surface area contributed by atoms with Crippen molar-refractivity contribution in [1.82, 2.24) is 9.80 Å². The number of imide groups is 1. The van der Waals surface area contributed by atoms with Crippen LogP contribution in [-0.2, 0) is 31.1 Å². The van der Waals surface area contributed by atoms with Crippen LogP contribution in [-0.4, -0.2) is 53.8 Å². The van der Waals surface area contributed by atoms with Gasteiger partial charge in [0.2, 0.25) is 17.7 Å². The average molecular weight is 435 g/mol. The lowest BCUT2D eigenvalue weighted by Crippen LogP contribution is -2.46. The standard InChI is InChI=1S/C26H30N2O4/c1-19-8-6-7-11-22(19)26(16-23(29)27(2)21-12-14-32-15-13-21)17-24(30)28(25(26)31)18-20-9-4-3-5-10-20/h3-11,21H,12-18H2,1-2H3. The minimum atomic E-state index is -1.17. The maximum Gasteiger partial charge on any atom is 0.241 e. The number of hydrogen-bond acceptors (Lipinski definition) is 4. The van der Waals surface area contributed by atoms with Gasteiger partial charge in [-0.25, -0.2) is 0 Å².